The van der Waals surface area contributed by atoms with Crippen molar-refractivity contribution in [2.75, 3.05) is 0 Å². The van der Waals surface area contributed by atoms with E-state index in [9.17, 15) is 0 Å². The van der Waals surface area contributed by atoms with Crippen LogP contribution in [0.2, 0.25) is 0 Å². The third-order valence-corrected chi connectivity index (χ3v) is 3.19. The lowest BCUT2D eigenvalue weighted by Gasteiger charge is -2.22. The van der Waals surface area contributed by atoms with Crippen LogP contribution < -0.4 is 0 Å². The van der Waals surface area contributed by atoms with Crippen molar-refractivity contribution >= 4 is 0 Å². The Kier molecular flexibility index (Phi) is 8.78. The Morgan fingerprint density at radius 3 is 1.94 bits per heavy atom. The van der Waals surface area contributed by atoms with E-state index in [0.717, 1.165) is 18.8 Å². The van der Waals surface area contributed by atoms with Crippen LogP contribution in [0.3, 0.4) is 0 Å². The van der Waals surface area contributed by atoms with E-state index >= 15 is 0 Å². The maximum atomic E-state index is 8.57. The second-order valence-corrected chi connectivity index (χ2v) is 5.64. The minimum Gasteiger partial charge on any atom is -0.249 e. The summed E-state index contributed by atoms with van der Waals surface area (Å²) in [7, 11) is 0. The summed E-state index contributed by atoms with van der Waals surface area (Å²) in [6.45, 7) is 8.23. The molecule has 0 aromatic rings. The third-order valence-electron chi connectivity index (χ3n) is 3.19. The Labute approximate surface area is 105 Å². The summed E-state index contributed by atoms with van der Waals surface area (Å²) in [6.07, 6.45) is 6.18. The van der Waals surface area contributed by atoms with Crippen LogP contribution in [-0.4, -0.2) is 16.3 Å². The lowest BCUT2D eigenvalue weighted by Crippen LogP contribution is -2.30. The summed E-state index contributed by atoms with van der Waals surface area (Å²) in [5, 5.41) is 17.1. The molecule has 0 aliphatic carbocycles. The molecule has 0 aromatic carbocycles. The molecule has 0 radical (unpaired) electrons. The zero-order valence-electron chi connectivity index (χ0n) is 11.6. The van der Waals surface area contributed by atoms with Crippen molar-refractivity contribution in [2.45, 2.75) is 72.0 Å². The molecule has 0 rings (SSSR count). The van der Waals surface area contributed by atoms with E-state index in [1.165, 1.54) is 26.2 Å². The molecular formula is C13H28O4. The molecule has 4 heteroatoms. The normalized spacial score (nSPS) is 14.3. The van der Waals surface area contributed by atoms with Crippen LogP contribution in [0.25, 0.3) is 0 Å². The van der Waals surface area contributed by atoms with E-state index in [-0.39, 0.29) is 0 Å². The molecule has 0 spiro atoms. The Morgan fingerprint density at radius 1 is 0.941 bits per heavy atom. The smallest absolute Gasteiger partial charge is 0.230 e. The van der Waals surface area contributed by atoms with Gasteiger partial charge in [-0.3, -0.25) is 0 Å². The van der Waals surface area contributed by atoms with Crippen molar-refractivity contribution in [3.05, 3.63) is 0 Å². The number of rotatable bonds is 10. The fraction of sp³-hybridized carbons (Fsp3) is 1.00. The largest absolute Gasteiger partial charge is 0.249 e. The van der Waals surface area contributed by atoms with Crippen LogP contribution in [0, 0.1) is 11.8 Å². The molecule has 0 aliphatic rings. The predicted octanol–water partition coefficient (Wildman–Crippen LogP) is 4.31. The monoisotopic (exact) mass is 248 g/mol. The highest BCUT2D eigenvalue weighted by molar-refractivity contribution is 4.62. The molecule has 1 unspecified atom stereocenters. The summed E-state index contributed by atoms with van der Waals surface area (Å²) >= 11 is 0. The lowest BCUT2D eigenvalue weighted by molar-refractivity contribution is -0.482. The molecule has 0 bridgehead atoms. The van der Waals surface area contributed by atoms with Crippen molar-refractivity contribution < 1.29 is 20.3 Å². The molecule has 0 fully saturated rings. The van der Waals surface area contributed by atoms with E-state index < -0.39 is 5.79 Å². The molecule has 0 aliphatic heterocycles. The first-order chi connectivity index (χ1) is 7.93. The van der Waals surface area contributed by atoms with E-state index in [2.05, 4.69) is 30.5 Å². The molecule has 0 amide bonds. The van der Waals surface area contributed by atoms with Gasteiger partial charge in [-0.1, -0.05) is 46.5 Å². The molecule has 104 valence electrons. The minimum atomic E-state index is -1.28. The Hall–Kier alpha value is -0.160. The van der Waals surface area contributed by atoms with Gasteiger partial charge in [-0.25, -0.2) is 20.3 Å². The number of hydrogen-bond acceptors (Lipinski definition) is 4. The van der Waals surface area contributed by atoms with Crippen molar-refractivity contribution in [1.82, 2.24) is 0 Å². The van der Waals surface area contributed by atoms with Gasteiger partial charge in [-0.05, 0) is 25.2 Å². The standard InChI is InChI=1S/C13H28O4/c1-11(2)7-5-8-12(3)9-6-10-13(4,16-14)17-15/h11-12,14-15H,5-10H2,1-4H3. The zero-order valence-corrected chi connectivity index (χ0v) is 11.6. The Morgan fingerprint density at radius 2 is 1.47 bits per heavy atom. The second kappa shape index (κ2) is 8.86. The summed E-state index contributed by atoms with van der Waals surface area (Å²) in [5.41, 5.74) is 0. The van der Waals surface area contributed by atoms with Crippen molar-refractivity contribution in [1.29, 1.82) is 0 Å². The Bertz CT molecular complexity index is 178. The van der Waals surface area contributed by atoms with Gasteiger partial charge in [-0.15, -0.1) is 0 Å². The van der Waals surface area contributed by atoms with Gasteiger partial charge >= 0.3 is 0 Å². The summed E-state index contributed by atoms with van der Waals surface area (Å²) in [4.78, 5) is 8.22. The van der Waals surface area contributed by atoms with E-state index in [1.54, 1.807) is 0 Å². The zero-order chi connectivity index (χ0) is 13.3. The molecule has 0 saturated carbocycles. The maximum absolute atomic E-state index is 8.57. The van der Waals surface area contributed by atoms with Crippen LogP contribution >= 0.6 is 0 Å². The van der Waals surface area contributed by atoms with Crippen LogP contribution in [0.4, 0.5) is 0 Å². The van der Waals surface area contributed by atoms with Gasteiger partial charge in [0.05, 0.1) is 0 Å². The lowest BCUT2D eigenvalue weighted by atomic mass is 9.94. The van der Waals surface area contributed by atoms with Crippen LogP contribution in [0.5, 0.6) is 0 Å². The van der Waals surface area contributed by atoms with Gasteiger partial charge in [-0.2, -0.15) is 0 Å². The molecule has 0 heterocycles. The average Bonchev–Trinajstić information content (AvgIpc) is 2.28. The van der Waals surface area contributed by atoms with Crippen molar-refractivity contribution in [2.24, 2.45) is 11.8 Å². The van der Waals surface area contributed by atoms with Crippen LogP contribution in [0.15, 0.2) is 0 Å². The minimum absolute atomic E-state index is 0.481. The van der Waals surface area contributed by atoms with E-state index in [0.29, 0.717) is 12.3 Å². The molecule has 1 atom stereocenters. The fourth-order valence-corrected chi connectivity index (χ4v) is 1.90. The van der Waals surface area contributed by atoms with Gasteiger partial charge in [0.1, 0.15) is 0 Å². The van der Waals surface area contributed by atoms with E-state index in [1.807, 2.05) is 0 Å². The van der Waals surface area contributed by atoms with E-state index in [4.69, 9.17) is 10.5 Å². The average molecular weight is 248 g/mol. The molecule has 4 nitrogen and oxygen atoms in total. The Balaban J connectivity index is 3.60. The first-order valence-corrected chi connectivity index (χ1v) is 6.58. The first kappa shape index (κ1) is 16.8. The summed E-state index contributed by atoms with van der Waals surface area (Å²) in [6, 6.07) is 0. The van der Waals surface area contributed by atoms with Crippen molar-refractivity contribution in [3.63, 3.8) is 0 Å². The maximum Gasteiger partial charge on any atom is 0.230 e. The molecule has 17 heavy (non-hydrogen) atoms. The summed E-state index contributed by atoms with van der Waals surface area (Å²) in [5.74, 6) is 0.156. The second-order valence-electron chi connectivity index (χ2n) is 5.64. The topological polar surface area (TPSA) is 58.9 Å². The predicted molar refractivity (Wildman–Crippen MR) is 67.5 cm³/mol. The molecule has 2 N–H and O–H groups in total. The van der Waals surface area contributed by atoms with Gasteiger partial charge < -0.3 is 0 Å². The van der Waals surface area contributed by atoms with Crippen LogP contribution in [0.1, 0.15) is 66.2 Å². The van der Waals surface area contributed by atoms with Gasteiger partial charge in [0.2, 0.25) is 5.79 Å². The molecule has 0 aromatic heterocycles. The fourth-order valence-electron chi connectivity index (χ4n) is 1.90. The van der Waals surface area contributed by atoms with Crippen molar-refractivity contribution in [3.8, 4) is 0 Å². The molecular weight excluding hydrogens is 220 g/mol. The summed E-state index contributed by atoms with van der Waals surface area (Å²) < 4.78 is 0. The van der Waals surface area contributed by atoms with Gasteiger partial charge in [0.25, 0.3) is 0 Å². The van der Waals surface area contributed by atoms with Crippen LogP contribution in [-0.2, 0) is 9.78 Å². The van der Waals surface area contributed by atoms with Gasteiger partial charge in [0, 0.05) is 6.42 Å². The number of hydrogen-bond donors (Lipinski definition) is 2. The molecule has 0 saturated heterocycles. The first-order valence-electron chi connectivity index (χ1n) is 6.58. The highest BCUT2D eigenvalue weighted by Gasteiger charge is 2.26. The quantitative estimate of drug-likeness (QED) is 0.343. The highest BCUT2D eigenvalue weighted by Crippen LogP contribution is 2.22. The van der Waals surface area contributed by atoms with Gasteiger partial charge in [0.15, 0.2) is 0 Å². The SMILES string of the molecule is CC(C)CCCC(C)CCCC(C)(OO)OO. The third kappa shape index (κ3) is 8.55. The highest BCUT2D eigenvalue weighted by atomic mass is 17.2.